The Morgan fingerprint density at radius 2 is 2.00 bits per heavy atom. The smallest absolute Gasteiger partial charge is 0.225 e. The fraction of sp³-hybridized carbons (Fsp3) is 0.529. The number of ether oxygens (including phenoxy) is 1. The molecule has 0 unspecified atom stereocenters. The van der Waals surface area contributed by atoms with Crippen LogP contribution in [0, 0.1) is 5.92 Å². The molecule has 0 spiro atoms. The second-order valence-corrected chi connectivity index (χ2v) is 5.91. The first-order chi connectivity index (χ1) is 11.1. The van der Waals surface area contributed by atoms with Crippen molar-refractivity contribution in [3.05, 3.63) is 30.3 Å². The summed E-state index contributed by atoms with van der Waals surface area (Å²) in [6, 6.07) is 9.42. The van der Waals surface area contributed by atoms with Crippen LogP contribution in [0.15, 0.2) is 30.3 Å². The van der Waals surface area contributed by atoms with Crippen molar-refractivity contribution in [3.8, 4) is 5.75 Å². The van der Waals surface area contributed by atoms with E-state index in [0.717, 1.165) is 12.2 Å². The van der Waals surface area contributed by atoms with E-state index >= 15 is 0 Å². The van der Waals surface area contributed by atoms with E-state index in [2.05, 4.69) is 5.32 Å². The normalized spacial score (nSPS) is 21.4. The third kappa shape index (κ3) is 5.56. The molecule has 1 aromatic carbocycles. The number of likely N-dealkylation sites (tertiary alicyclic amines) is 1. The molecule has 0 radical (unpaired) electrons. The van der Waals surface area contributed by atoms with Gasteiger partial charge in [-0.15, -0.1) is 0 Å². The highest BCUT2D eigenvalue weighted by molar-refractivity contribution is 5.80. The van der Waals surface area contributed by atoms with Crippen molar-refractivity contribution in [2.75, 3.05) is 26.2 Å². The van der Waals surface area contributed by atoms with Gasteiger partial charge >= 0.3 is 0 Å². The first-order valence-electron chi connectivity index (χ1n) is 8.03. The predicted octanol–water partition coefficient (Wildman–Crippen LogP) is 0.767. The van der Waals surface area contributed by atoms with Crippen LogP contribution in [0.1, 0.15) is 19.8 Å². The molecule has 1 saturated heterocycles. The Balaban J connectivity index is 1.76. The first kappa shape index (κ1) is 17.3. The van der Waals surface area contributed by atoms with Crippen LogP contribution in [0.5, 0.6) is 5.75 Å². The Morgan fingerprint density at radius 3 is 2.70 bits per heavy atom. The topological polar surface area (TPSA) is 84.7 Å². The van der Waals surface area contributed by atoms with Gasteiger partial charge in [-0.3, -0.25) is 9.59 Å². The van der Waals surface area contributed by atoms with Gasteiger partial charge in [-0.05, 0) is 25.0 Å². The molecule has 1 aliphatic heterocycles. The molecule has 0 aromatic heterocycles. The van der Waals surface area contributed by atoms with Gasteiger partial charge in [0.1, 0.15) is 12.4 Å². The number of nitrogens with two attached hydrogens (primary N) is 1. The van der Waals surface area contributed by atoms with Crippen LogP contribution in [0.4, 0.5) is 0 Å². The van der Waals surface area contributed by atoms with Gasteiger partial charge in [0.25, 0.3) is 0 Å². The van der Waals surface area contributed by atoms with Gasteiger partial charge in [0.2, 0.25) is 11.8 Å². The summed E-state index contributed by atoms with van der Waals surface area (Å²) in [5.41, 5.74) is 5.97. The van der Waals surface area contributed by atoms with Crippen LogP contribution in [0.25, 0.3) is 0 Å². The number of hydrogen-bond acceptors (Lipinski definition) is 4. The molecule has 1 aromatic rings. The van der Waals surface area contributed by atoms with Crippen molar-refractivity contribution in [2.45, 2.75) is 25.8 Å². The Morgan fingerprint density at radius 1 is 1.26 bits per heavy atom. The summed E-state index contributed by atoms with van der Waals surface area (Å²) in [4.78, 5) is 25.6. The molecule has 6 nitrogen and oxygen atoms in total. The van der Waals surface area contributed by atoms with E-state index in [1.807, 2.05) is 30.3 Å². The van der Waals surface area contributed by atoms with Gasteiger partial charge < -0.3 is 20.7 Å². The highest BCUT2D eigenvalue weighted by Gasteiger charge is 2.27. The number of hydrogen-bond donors (Lipinski definition) is 2. The highest BCUT2D eigenvalue weighted by Crippen LogP contribution is 2.16. The molecule has 1 aliphatic rings. The lowest BCUT2D eigenvalue weighted by atomic mass is 10.0. The minimum atomic E-state index is -0.204. The van der Waals surface area contributed by atoms with Crippen molar-refractivity contribution < 1.29 is 14.3 Å². The molecule has 1 fully saturated rings. The van der Waals surface area contributed by atoms with Gasteiger partial charge in [0, 0.05) is 26.1 Å². The summed E-state index contributed by atoms with van der Waals surface area (Å²) in [5.74, 6) is 0.503. The van der Waals surface area contributed by atoms with Crippen molar-refractivity contribution in [1.82, 2.24) is 10.2 Å². The van der Waals surface area contributed by atoms with E-state index in [4.69, 9.17) is 10.5 Å². The molecule has 1 heterocycles. The van der Waals surface area contributed by atoms with E-state index < -0.39 is 0 Å². The second kappa shape index (κ2) is 8.53. The molecule has 2 rings (SSSR count). The lowest BCUT2D eigenvalue weighted by Gasteiger charge is -2.23. The summed E-state index contributed by atoms with van der Waals surface area (Å²) in [5, 5.41) is 2.88. The standard InChI is InChI=1S/C17H25N3O3/c1-13(21)20-11-14(7-8-15(18)12-20)17(22)19-9-10-23-16-5-3-2-4-6-16/h2-6,14-15H,7-12,18H2,1H3,(H,19,22)/t14-,15+/m1/s1. The number of para-hydroxylation sites is 1. The van der Waals surface area contributed by atoms with Crippen LogP contribution in [-0.4, -0.2) is 49.0 Å². The molecule has 0 saturated carbocycles. The van der Waals surface area contributed by atoms with E-state index in [1.165, 1.54) is 6.92 Å². The Kier molecular flexibility index (Phi) is 6.40. The number of nitrogens with one attached hydrogen (secondary N) is 1. The van der Waals surface area contributed by atoms with Gasteiger partial charge in [-0.1, -0.05) is 18.2 Å². The van der Waals surface area contributed by atoms with Crippen LogP contribution in [0.2, 0.25) is 0 Å². The van der Waals surface area contributed by atoms with Crippen molar-refractivity contribution >= 4 is 11.8 Å². The Hall–Kier alpha value is -2.08. The number of benzene rings is 1. The lowest BCUT2D eigenvalue weighted by Crippen LogP contribution is -2.42. The lowest BCUT2D eigenvalue weighted by molar-refractivity contribution is -0.131. The van der Waals surface area contributed by atoms with E-state index in [9.17, 15) is 9.59 Å². The SMILES string of the molecule is CC(=O)N1C[C@@H](N)CC[C@@H](C(=O)NCCOc2ccccc2)C1. The summed E-state index contributed by atoms with van der Waals surface area (Å²) in [6.45, 7) is 3.33. The highest BCUT2D eigenvalue weighted by atomic mass is 16.5. The van der Waals surface area contributed by atoms with Crippen molar-refractivity contribution in [3.63, 3.8) is 0 Å². The third-order valence-electron chi connectivity index (χ3n) is 4.01. The average Bonchev–Trinajstić information content (AvgIpc) is 2.74. The summed E-state index contributed by atoms with van der Waals surface area (Å²) < 4.78 is 5.55. The third-order valence-corrected chi connectivity index (χ3v) is 4.01. The van der Waals surface area contributed by atoms with Gasteiger partial charge in [-0.2, -0.15) is 0 Å². The quantitative estimate of drug-likeness (QED) is 0.785. The fourth-order valence-electron chi connectivity index (χ4n) is 2.70. The number of carbonyl (C=O) groups excluding carboxylic acids is 2. The number of nitrogens with zero attached hydrogens (tertiary/aromatic N) is 1. The summed E-state index contributed by atoms with van der Waals surface area (Å²) in [7, 11) is 0. The molecule has 0 aliphatic carbocycles. The van der Waals surface area contributed by atoms with Gasteiger partial charge in [0.15, 0.2) is 0 Å². The van der Waals surface area contributed by atoms with Crippen LogP contribution >= 0.6 is 0 Å². The summed E-state index contributed by atoms with van der Waals surface area (Å²) >= 11 is 0. The van der Waals surface area contributed by atoms with Crippen molar-refractivity contribution in [1.29, 1.82) is 0 Å². The average molecular weight is 319 g/mol. The van der Waals surface area contributed by atoms with Gasteiger partial charge in [0.05, 0.1) is 12.5 Å². The molecular weight excluding hydrogens is 294 g/mol. The zero-order valence-corrected chi connectivity index (χ0v) is 13.5. The first-order valence-corrected chi connectivity index (χ1v) is 8.03. The van der Waals surface area contributed by atoms with E-state index in [0.29, 0.717) is 32.7 Å². The molecule has 23 heavy (non-hydrogen) atoms. The number of carbonyl (C=O) groups is 2. The fourth-order valence-corrected chi connectivity index (χ4v) is 2.70. The van der Waals surface area contributed by atoms with Crippen LogP contribution in [-0.2, 0) is 9.59 Å². The Labute approximate surface area is 137 Å². The largest absolute Gasteiger partial charge is 0.492 e. The second-order valence-electron chi connectivity index (χ2n) is 5.91. The van der Waals surface area contributed by atoms with E-state index in [-0.39, 0.29) is 23.8 Å². The minimum absolute atomic E-state index is 0.0347. The van der Waals surface area contributed by atoms with Crippen molar-refractivity contribution in [2.24, 2.45) is 11.7 Å². The van der Waals surface area contributed by atoms with Crippen LogP contribution < -0.4 is 15.8 Å². The number of amides is 2. The molecule has 2 atom stereocenters. The molecule has 6 heteroatoms. The molecular formula is C17H25N3O3. The molecule has 126 valence electrons. The predicted molar refractivity (Wildman–Crippen MR) is 87.9 cm³/mol. The molecule has 0 bridgehead atoms. The van der Waals surface area contributed by atoms with Gasteiger partial charge in [-0.25, -0.2) is 0 Å². The zero-order valence-electron chi connectivity index (χ0n) is 13.5. The van der Waals surface area contributed by atoms with E-state index in [1.54, 1.807) is 4.90 Å². The monoisotopic (exact) mass is 319 g/mol. The Bertz CT molecular complexity index is 521. The maximum absolute atomic E-state index is 12.3. The summed E-state index contributed by atoms with van der Waals surface area (Å²) in [6.07, 6.45) is 1.46. The van der Waals surface area contributed by atoms with Crippen LogP contribution in [0.3, 0.4) is 0 Å². The zero-order chi connectivity index (χ0) is 16.7. The maximum Gasteiger partial charge on any atom is 0.225 e. The maximum atomic E-state index is 12.3. The number of rotatable bonds is 5. The molecule has 2 amide bonds. The molecule has 3 N–H and O–H groups in total. The minimum Gasteiger partial charge on any atom is -0.492 e.